The van der Waals surface area contributed by atoms with Crippen molar-refractivity contribution in [1.82, 2.24) is 5.32 Å². The molecule has 3 rings (SSSR count). The van der Waals surface area contributed by atoms with Crippen LogP contribution in [0.5, 0.6) is 0 Å². The Labute approximate surface area is 104 Å². The van der Waals surface area contributed by atoms with Gasteiger partial charge >= 0.3 is 0 Å². The molecule has 0 aromatic rings. The van der Waals surface area contributed by atoms with Crippen LogP contribution in [0, 0.1) is 11.3 Å². The second-order valence-corrected chi connectivity index (χ2v) is 6.51. The summed E-state index contributed by atoms with van der Waals surface area (Å²) in [7, 11) is 2.13. The van der Waals surface area contributed by atoms with Gasteiger partial charge in [0.2, 0.25) is 0 Å². The monoisotopic (exact) mass is 239 g/mol. The van der Waals surface area contributed by atoms with Crippen LogP contribution in [0.15, 0.2) is 0 Å². The average molecular weight is 239 g/mol. The molecule has 1 saturated carbocycles. The van der Waals surface area contributed by atoms with Crippen molar-refractivity contribution in [3.8, 4) is 0 Å². The number of hydrogen-bond acceptors (Lipinski definition) is 3. The van der Waals surface area contributed by atoms with Crippen molar-refractivity contribution in [2.75, 3.05) is 26.9 Å². The van der Waals surface area contributed by atoms with E-state index in [4.69, 9.17) is 9.47 Å². The second kappa shape index (κ2) is 4.22. The quantitative estimate of drug-likeness (QED) is 0.816. The molecule has 1 N–H and O–H groups in total. The van der Waals surface area contributed by atoms with Gasteiger partial charge in [-0.05, 0) is 44.1 Å². The Balaban J connectivity index is 1.70. The zero-order valence-corrected chi connectivity index (χ0v) is 11.1. The summed E-state index contributed by atoms with van der Waals surface area (Å²) >= 11 is 0. The maximum atomic E-state index is 6.03. The van der Waals surface area contributed by atoms with Crippen molar-refractivity contribution in [3.63, 3.8) is 0 Å². The minimum absolute atomic E-state index is 0.0588. The zero-order valence-electron chi connectivity index (χ0n) is 11.1. The van der Waals surface area contributed by atoms with E-state index in [0.717, 1.165) is 32.2 Å². The van der Waals surface area contributed by atoms with Gasteiger partial charge in [0.05, 0.1) is 12.2 Å². The van der Waals surface area contributed by atoms with Crippen LogP contribution in [0.4, 0.5) is 0 Å². The minimum atomic E-state index is 0.0588. The van der Waals surface area contributed by atoms with E-state index >= 15 is 0 Å². The van der Waals surface area contributed by atoms with Gasteiger partial charge in [0.15, 0.2) is 0 Å². The van der Waals surface area contributed by atoms with Gasteiger partial charge in [0, 0.05) is 25.7 Å². The molecule has 1 spiro atoms. The van der Waals surface area contributed by atoms with Crippen molar-refractivity contribution in [2.45, 2.75) is 50.7 Å². The lowest BCUT2D eigenvalue weighted by Crippen LogP contribution is -2.49. The summed E-state index contributed by atoms with van der Waals surface area (Å²) in [5.74, 6) is 0.767. The molecule has 0 amide bonds. The van der Waals surface area contributed by atoms with E-state index in [2.05, 4.69) is 19.3 Å². The third kappa shape index (κ3) is 2.13. The topological polar surface area (TPSA) is 30.5 Å². The van der Waals surface area contributed by atoms with Gasteiger partial charge in [-0.2, -0.15) is 0 Å². The smallest absolute Gasteiger partial charge is 0.0939 e. The molecule has 2 aliphatic heterocycles. The Bertz CT molecular complexity index is 282. The molecule has 17 heavy (non-hydrogen) atoms. The van der Waals surface area contributed by atoms with Crippen molar-refractivity contribution in [2.24, 2.45) is 11.3 Å². The van der Waals surface area contributed by atoms with Gasteiger partial charge in [-0.1, -0.05) is 6.92 Å². The van der Waals surface area contributed by atoms with Crippen LogP contribution in [-0.2, 0) is 9.47 Å². The summed E-state index contributed by atoms with van der Waals surface area (Å²) in [5, 5.41) is 3.58. The highest BCUT2D eigenvalue weighted by molar-refractivity contribution is 5.04. The summed E-state index contributed by atoms with van der Waals surface area (Å²) in [5.41, 5.74) is 0.612. The molecule has 3 fully saturated rings. The molecular weight excluding hydrogens is 214 g/mol. The fourth-order valence-electron chi connectivity index (χ4n) is 3.87. The molecule has 98 valence electrons. The normalized spacial score (nSPS) is 41.6. The Morgan fingerprint density at radius 1 is 1.24 bits per heavy atom. The second-order valence-electron chi connectivity index (χ2n) is 6.51. The summed E-state index contributed by atoms with van der Waals surface area (Å²) < 4.78 is 11.6. The predicted octanol–water partition coefficient (Wildman–Crippen LogP) is 1.96. The van der Waals surface area contributed by atoms with Gasteiger partial charge in [0.1, 0.15) is 0 Å². The van der Waals surface area contributed by atoms with Crippen LogP contribution in [0.2, 0.25) is 0 Å². The lowest BCUT2D eigenvalue weighted by molar-refractivity contribution is -0.106. The van der Waals surface area contributed by atoms with Crippen LogP contribution in [0.1, 0.15) is 39.0 Å². The van der Waals surface area contributed by atoms with Crippen LogP contribution < -0.4 is 5.32 Å². The Morgan fingerprint density at radius 2 is 2.06 bits per heavy atom. The van der Waals surface area contributed by atoms with Crippen LogP contribution in [0.25, 0.3) is 0 Å². The molecule has 3 unspecified atom stereocenters. The lowest BCUT2D eigenvalue weighted by atomic mass is 9.76. The minimum Gasteiger partial charge on any atom is -0.378 e. The third-order valence-corrected chi connectivity index (χ3v) is 5.17. The molecule has 2 saturated heterocycles. The first-order chi connectivity index (χ1) is 8.18. The van der Waals surface area contributed by atoms with Gasteiger partial charge < -0.3 is 14.8 Å². The molecule has 3 atom stereocenters. The first-order valence-electron chi connectivity index (χ1n) is 7.07. The standard InChI is InChI=1S/C14H25NO2/c1-13(4-5-13)12(15-2)11-3-7-17-14(9-11)6-8-16-10-14/h11-12,15H,3-10H2,1-2H3. The Kier molecular flexibility index (Phi) is 2.96. The largest absolute Gasteiger partial charge is 0.378 e. The average Bonchev–Trinajstić information content (AvgIpc) is 2.89. The maximum absolute atomic E-state index is 6.03. The van der Waals surface area contributed by atoms with Gasteiger partial charge in [-0.3, -0.25) is 0 Å². The van der Waals surface area contributed by atoms with Gasteiger partial charge in [-0.15, -0.1) is 0 Å². The summed E-state index contributed by atoms with van der Waals surface area (Å²) in [6, 6.07) is 0.670. The Morgan fingerprint density at radius 3 is 2.65 bits per heavy atom. The van der Waals surface area contributed by atoms with E-state index < -0.39 is 0 Å². The highest BCUT2D eigenvalue weighted by Gasteiger charge is 2.51. The number of nitrogens with one attached hydrogen (secondary N) is 1. The Hall–Kier alpha value is -0.120. The molecule has 3 aliphatic rings. The van der Waals surface area contributed by atoms with Crippen molar-refractivity contribution >= 4 is 0 Å². The molecule has 0 aromatic carbocycles. The van der Waals surface area contributed by atoms with Crippen molar-refractivity contribution in [3.05, 3.63) is 0 Å². The summed E-state index contributed by atoms with van der Waals surface area (Å²) in [6.45, 7) is 5.05. The molecular formula is C14H25NO2. The number of hydrogen-bond donors (Lipinski definition) is 1. The molecule has 0 radical (unpaired) electrons. The van der Waals surface area contributed by atoms with Crippen molar-refractivity contribution < 1.29 is 9.47 Å². The van der Waals surface area contributed by atoms with Gasteiger partial charge in [-0.25, -0.2) is 0 Å². The summed E-state index contributed by atoms with van der Waals surface area (Å²) in [6.07, 6.45) is 6.27. The molecule has 1 aliphatic carbocycles. The first kappa shape index (κ1) is 11.9. The molecule has 3 nitrogen and oxygen atoms in total. The fourth-order valence-corrected chi connectivity index (χ4v) is 3.87. The highest BCUT2D eigenvalue weighted by Crippen LogP contribution is 2.52. The van der Waals surface area contributed by atoms with E-state index in [1.165, 1.54) is 25.7 Å². The van der Waals surface area contributed by atoms with Crippen LogP contribution in [0.3, 0.4) is 0 Å². The maximum Gasteiger partial charge on any atom is 0.0939 e. The third-order valence-electron chi connectivity index (χ3n) is 5.17. The molecule has 0 aromatic heterocycles. The molecule has 0 bridgehead atoms. The first-order valence-corrected chi connectivity index (χ1v) is 7.07. The highest BCUT2D eigenvalue weighted by atomic mass is 16.6. The zero-order chi connectivity index (χ0) is 11.9. The van der Waals surface area contributed by atoms with E-state index in [9.17, 15) is 0 Å². The fraction of sp³-hybridized carbons (Fsp3) is 1.00. The van der Waals surface area contributed by atoms with Gasteiger partial charge in [0.25, 0.3) is 0 Å². The number of rotatable bonds is 3. The summed E-state index contributed by atoms with van der Waals surface area (Å²) in [4.78, 5) is 0. The van der Waals surface area contributed by atoms with Crippen LogP contribution >= 0.6 is 0 Å². The van der Waals surface area contributed by atoms with E-state index in [1.54, 1.807) is 0 Å². The van der Waals surface area contributed by atoms with E-state index in [-0.39, 0.29) is 5.60 Å². The van der Waals surface area contributed by atoms with Crippen molar-refractivity contribution in [1.29, 1.82) is 0 Å². The lowest BCUT2D eigenvalue weighted by Gasteiger charge is -2.42. The predicted molar refractivity (Wildman–Crippen MR) is 67.0 cm³/mol. The molecule has 2 heterocycles. The van der Waals surface area contributed by atoms with E-state index in [1.807, 2.05) is 0 Å². The number of ether oxygens (including phenoxy) is 2. The van der Waals surface area contributed by atoms with E-state index in [0.29, 0.717) is 11.5 Å². The van der Waals surface area contributed by atoms with Crippen LogP contribution in [-0.4, -0.2) is 38.5 Å². The molecule has 3 heteroatoms. The SMILES string of the molecule is CNC(C1CCOC2(CCOC2)C1)C1(C)CC1.